The van der Waals surface area contributed by atoms with Crippen molar-refractivity contribution in [2.45, 2.75) is 26.2 Å². The lowest BCUT2D eigenvalue weighted by Crippen LogP contribution is -2.11. The molecule has 1 amide bonds. The molecule has 0 unspecified atom stereocenters. The highest BCUT2D eigenvalue weighted by Crippen LogP contribution is 2.31. The van der Waals surface area contributed by atoms with Crippen LogP contribution >= 0.6 is 0 Å². The molecule has 6 rings (SSSR count). The van der Waals surface area contributed by atoms with Gasteiger partial charge in [0, 0.05) is 36.1 Å². The number of rotatable bonds is 7. The summed E-state index contributed by atoms with van der Waals surface area (Å²) in [7, 11) is 0. The summed E-state index contributed by atoms with van der Waals surface area (Å²) < 4.78 is 0. The van der Waals surface area contributed by atoms with Gasteiger partial charge in [-0.25, -0.2) is 9.97 Å². The van der Waals surface area contributed by atoms with Crippen molar-refractivity contribution < 1.29 is 4.79 Å². The molecular weight excluding hydrogens is 464 g/mol. The van der Waals surface area contributed by atoms with Gasteiger partial charge in [-0.05, 0) is 48.4 Å². The highest BCUT2D eigenvalue weighted by molar-refractivity contribution is 5.96. The molecule has 1 aromatic carbocycles. The molecule has 0 spiro atoms. The van der Waals surface area contributed by atoms with Crippen LogP contribution in [-0.4, -0.2) is 41.0 Å². The van der Waals surface area contributed by atoms with E-state index in [1.54, 1.807) is 24.8 Å². The molecule has 0 saturated heterocycles. The van der Waals surface area contributed by atoms with Crippen LogP contribution in [0.15, 0.2) is 73.3 Å². The molecule has 37 heavy (non-hydrogen) atoms. The van der Waals surface area contributed by atoms with Gasteiger partial charge in [-0.3, -0.25) is 19.9 Å². The number of hydrogen-bond acceptors (Lipinski definition) is 6. The first-order valence-electron chi connectivity index (χ1n) is 12.2. The number of pyridine rings is 3. The van der Waals surface area contributed by atoms with Crippen molar-refractivity contribution in [1.82, 2.24) is 35.1 Å². The maximum atomic E-state index is 12.2. The third-order valence-corrected chi connectivity index (χ3v) is 6.21. The molecule has 5 aromatic heterocycles. The van der Waals surface area contributed by atoms with Crippen LogP contribution in [0.4, 0.5) is 5.69 Å². The third kappa shape index (κ3) is 4.42. The monoisotopic (exact) mass is 488 g/mol. The van der Waals surface area contributed by atoms with Crippen molar-refractivity contribution in [3.05, 3.63) is 73.3 Å². The number of unbranched alkanes of at least 4 members (excludes halogenated alkanes) is 1. The van der Waals surface area contributed by atoms with Gasteiger partial charge < -0.3 is 10.3 Å². The van der Waals surface area contributed by atoms with Crippen LogP contribution in [0.1, 0.15) is 26.2 Å². The Bertz CT molecular complexity index is 1720. The van der Waals surface area contributed by atoms with Gasteiger partial charge in [0.25, 0.3) is 0 Å². The minimum Gasteiger partial charge on any atom is -0.336 e. The first kappa shape index (κ1) is 22.5. The molecule has 6 aromatic rings. The van der Waals surface area contributed by atoms with Crippen molar-refractivity contribution >= 4 is 33.7 Å². The molecule has 9 nitrogen and oxygen atoms in total. The summed E-state index contributed by atoms with van der Waals surface area (Å²) in [6.45, 7) is 2.06. The Morgan fingerprint density at radius 1 is 0.919 bits per heavy atom. The fourth-order valence-electron chi connectivity index (χ4n) is 4.34. The molecule has 182 valence electrons. The summed E-state index contributed by atoms with van der Waals surface area (Å²) in [5.74, 6) is 0.611. The molecule has 0 bridgehead atoms. The average Bonchev–Trinajstić information content (AvgIpc) is 3.56. The fourth-order valence-corrected chi connectivity index (χ4v) is 4.34. The molecule has 5 heterocycles. The lowest BCUT2D eigenvalue weighted by Gasteiger charge is -2.07. The summed E-state index contributed by atoms with van der Waals surface area (Å²) in [6.07, 6.45) is 9.24. The van der Waals surface area contributed by atoms with Gasteiger partial charge in [-0.1, -0.05) is 25.5 Å². The van der Waals surface area contributed by atoms with Crippen LogP contribution in [0, 0.1) is 0 Å². The lowest BCUT2D eigenvalue weighted by molar-refractivity contribution is -0.116. The smallest absolute Gasteiger partial charge is 0.224 e. The zero-order chi connectivity index (χ0) is 25.2. The number of carbonyl (C=O) groups is 1. The van der Waals surface area contributed by atoms with Crippen molar-refractivity contribution in [3.63, 3.8) is 0 Å². The minimum atomic E-state index is -0.0163. The summed E-state index contributed by atoms with van der Waals surface area (Å²) in [6, 6.07) is 15.7. The van der Waals surface area contributed by atoms with E-state index in [0.717, 1.165) is 51.8 Å². The maximum Gasteiger partial charge on any atom is 0.224 e. The summed E-state index contributed by atoms with van der Waals surface area (Å²) in [5, 5.41) is 10.5. The Hall–Kier alpha value is -4.92. The molecule has 0 saturated carbocycles. The van der Waals surface area contributed by atoms with Crippen molar-refractivity contribution in [3.8, 4) is 33.9 Å². The van der Waals surface area contributed by atoms with Gasteiger partial charge in [0.15, 0.2) is 11.5 Å². The normalized spacial score (nSPS) is 11.3. The van der Waals surface area contributed by atoms with E-state index in [2.05, 4.69) is 37.4 Å². The van der Waals surface area contributed by atoms with E-state index in [9.17, 15) is 4.79 Å². The highest BCUT2D eigenvalue weighted by atomic mass is 16.1. The number of H-pyrrole nitrogens is 2. The molecule has 0 radical (unpaired) electrons. The second-order valence-electron chi connectivity index (χ2n) is 8.80. The first-order valence-corrected chi connectivity index (χ1v) is 12.2. The lowest BCUT2D eigenvalue weighted by atomic mass is 10.1. The fraction of sp³-hybridized carbons (Fsp3) is 0.143. The van der Waals surface area contributed by atoms with Gasteiger partial charge in [0.1, 0.15) is 5.52 Å². The van der Waals surface area contributed by atoms with Crippen molar-refractivity contribution in [2.24, 2.45) is 0 Å². The van der Waals surface area contributed by atoms with Crippen LogP contribution in [0.5, 0.6) is 0 Å². The number of imidazole rings is 1. The predicted octanol–water partition coefficient (Wildman–Crippen LogP) is 5.75. The Morgan fingerprint density at radius 2 is 1.81 bits per heavy atom. The van der Waals surface area contributed by atoms with Gasteiger partial charge in [-0.2, -0.15) is 5.10 Å². The van der Waals surface area contributed by atoms with Crippen LogP contribution in [0.25, 0.3) is 56.0 Å². The SMILES string of the molecule is CCCCC(=O)Nc1cncc(-c2ccc3[nH]nc(-c4nc5c(-c6ccncc6)cccc5[nH]4)c3n2)c1. The number of nitrogens with zero attached hydrogens (tertiary/aromatic N) is 5. The first-order chi connectivity index (χ1) is 18.2. The topological polar surface area (TPSA) is 125 Å². The van der Waals surface area contributed by atoms with E-state index in [1.165, 1.54) is 0 Å². The second kappa shape index (κ2) is 9.62. The number of benzene rings is 1. The third-order valence-electron chi connectivity index (χ3n) is 6.21. The van der Waals surface area contributed by atoms with Crippen LogP contribution in [-0.2, 0) is 4.79 Å². The summed E-state index contributed by atoms with van der Waals surface area (Å²) >= 11 is 0. The van der Waals surface area contributed by atoms with Gasteiger partial charge >= 0.3 is 0 Å². The quantitative estimate of drug-likeness (QED) is 0.263. The summed E-state index contributed by atoms with van der Waals surface area (Å²) in [5.41, 5.74) is 8.11. The Kier molecular flexibility index (Phi) is 5.86. The number of nitrogens with one attached hydrogen (secondary N) is 3. The van der Waals surface area contributed by atoms with E-state index >= 15 is 0 Å². The molecule has 0 aliphatic heterocycles. The van der Waals surface area contributed by atoms with Crippen molar-refractivity contribution in [2.75, 3.05) is 5.32 Å². The zero-order valence-electron chi connectivity index (χ0n) is 20.2. The van der Waals surface area contributed by atoms with E-state index in [1.807, 2.05) is 48.5 Å². The van der Waals surface area contributed by atoms with E-state index in [0.29, 0.717) is 29.1 Å². The maximum absolute atomic E-state index is 12.2. The zero-order valence-corrected chi connectivity index (χ0v) is 20.2. The minimum absolute atomic E-state index is 0.0163. The number of aromatic amines is 2. The average molecular weight is 489 g/mol. The molecule has 0 aliphatic carbocycles. The second-order valence-corrected chi connectivity index (χ2v) is 8.80. The van der Waals surface area contributed by atoms with Gasteiger partial charge in [-0.15, -0.1) is 0 Å². The Morgan fingerprint density at radius 3 is 2.68 bits per heavy atom. The Balaban J connectivity index is 1.37. The number of hydrogen-bond donors (Lipinski definition) is 3. The summed E-state index contributed by atoms with van der Waals surface area (Å²) in [4.78, 5) is 33.8. The molecular formula is C28H24N8O. The molecule has 0 aliphatic rings. The van der Waals surface area contributed by atoms with Crippen LogP contribution in [0.3, 0.4) is 0 Å². The highest BCUT2D eigenvalue weighted by Gasteiger charge is 2.17. The van der Waals surface area contributed by atoms with Gasteiger partial charge in [0.2, 0.25) is 5.91 Å². The van der Waals surface area contributed by atoms with Crippen LogP contribution < -0.4 is 5.32 Å². The number of aromatic nitrogens is 7. The van der Waals surface area contributed by atoms with E-state index < -0.39 is 0 Å². The van der Waals surface area contributed by atoms with Gasteiger partial charge in [0.05, 0.1) is 34.1 Å². The standard InChI is InChI=1S/C28H24N8O/c1-2-3-7-24(37)31-19-14-18(15-30-16-19)21-8-9-23-26(32-21)27(36-35-23)28-33-22-6-4-5-20(25(22)34-28)17-10-12-29-13-11-17/h4-6,8-16H,2-3,7H2,1H3,(H,31,37)(H,33,34)(H,35,36). The Labute approximate surface area is 212 Å². The molecule has 3 N–H and O–H groups in total. The molecule has 0 fully saturated rings. The largest absolute Gasteiger partial charge is 0.336 e. The number of para-hydroxylation sites is 1. The molecule has 9 heteroatoms. The van der Waals surface area contributed by atoms with Crippen molar-refractivity contribution in [1.29, 1.82) is 0 Å². The number of carbonyl (C=O) groups excluding carboxylic acids is 1. The van der Waals surface area contributed by atoms with Crippen LogP contribution in [0.2, 0.25) is 0 Å². The number of amides is 1. The number of fused-ring (bicyclic) bond motifs is 2. The number of anilines is 1. The molecule has 0 atom stereocenters. The predicted molar refractivity (Wildman–Crippen MR) is 144 cm³/mol. The van der Waals surface area contributed by atoms with E-state index in [-0.39, 0.29) is 5.91 Å². The van der Waals surface area contributed by atoms with E-state index in [4.69, 9.17) is 9.97 Å².